The highest BCUT2D eigenvalue weighted by atomic mass is 16.5. The van der Waals surface area contributed by atoms with Crippen molar-refractivity contribution in [2.75, 3.05) is 38.3 Å². The summed E-state index contributed by atoms with van der Waals surface area (Å²) in [6, 6.07) is 2.13. The van der Waals surface area contributed by atoms with Crippen LogP contribution in [0.2, 0.25) is 0 Å². The van der Waals surface area contributed by atoms with Crippen LogP contribution in [-0.4, -0.2) is 70.0 Å². The average molecular weight is 330 g/mol. The number of carbonyl (C=O) groups is 1. The van der Waals surface area contributed by atoms with Gasteiger partial charge in [0.15, 0.2) is 0 Å². The van der Waals surface area contributed by atoms with Crippen LogP contribution in [0.3, 0.4) is 0 Å². The molecule has 2 saturated heterocycles. The van der Waals surface area contributed by atoms with Crippen molar-refractivity contribution in [1.29, 1.82) is 0 Å². The van der Waals surface area contributed by atoms with E-state index in [-0.39, 0.29) is 17.9 Å². The second-order valence-corrected chi connectivity index (χ2v) is 6.95. The van der Waals surface area contributed by atoms with Gasteiger partial charge in [-0.25, -0.2) is 0 Å². The fourth-order valence-corrected chi connectivity index (χ4v) is 3.44. The van der Waals surface area contributed by atoms with Crippen molar-refractivity contribution in [2.45, 2.75) is 25.8 Å². The molecule has 0 aliphatic carbocycles. The molecule has 24 heavy (non-hydrogen) atoms. The number of rotatable bonds is 2. The Morgan fingerprint density at radius 3 is 2.92 bits per heavy atom. The molecule has 128 valence electrons. The highest BCUT2D eigenvalue weighted by Crippen LogP contribution is 2.28. The normalized spacial score (nSPS) is 24.8. The number of likely N-dealkylation sites (N-methyl/N-ethyl adjacent to an activating group) is 1. The molecule has 0 radical (unpaired) electrons. The van der Waals surface area contributed by atoms with Crippen LogP contribution in [0, 0.1) is 5.92 Å². The summed E-state index contributed by atoms with van der Waals surface area (Å²) < 4.78 is 7.42. The fraction of sp³-hybridized carbons (Fsp3) is 0.625. The summed E-state index contributed by atoms with van der Waals surface area (Å²) in [7, 11) is 1.87. The molecule has 2 aliphatic rings. The zero-order valence-electron chi connectivity index (χ0n) is 14.2. The Kier molecular flexibility index (Phi) is 3.64. The van der Waals surface area contributed by atoms with Crippen molar-refractivity contribution < 1.29 is 9.53 Å². The van der Waals surface area contributed by atoms with Crippen LogP contribution >= 0.6 is 0 Å². The van der Waals surface area contributed by atoms with Crippen molar-refractivity contribution in [3.63, 3.8) is 0 Å². The van der Waals surface area contributed by atoms with Gasteiger partial charge in [0.05, 0.1) is 36.6 Å². The monoisotopic (exact) mass is 330 g/mol. The maximum Gasteiger partial charge on any atom is 0.229 e. The molecule has 0 unspecified atom stereocenters. The second kappa shape index (κ2) is 5.70. The molecule has 2 atom stereocenters. The molecule has 2 aromatic heterocycles. The number of anilines is 1. The molecule has 0 aromatic carbocycles. The van der Waals surface area contributed by atoms with Crippen LogP contribution in [-0.2, 0) is 9.53 Å². The van der Waals surface area contributed by atoms with Crippen molar-refractivity contribution >= 4 is 17.2 Å². The summed E-state index contributed by atoms with van der Waals surface area (Å²) in [6.07, 6.45) is 1.63. The van der Waals surface area contributed by atoms with Crippen LogP contribution in [0.5, 0.6) is 0 Å². The minimum atomic E-state index is -0.152. The third-order valence-electron chi connectivity index (χ3n) is 4.95. The number of amides is 1. The van der Waals surface area contributed by atoms with Gasteiger partial charge in [-0.05, 0) is 12.0 Å². The largest absolute Gasteiger partial charge is 0.378 e. The van der Waals surface area contributed by atoms with E-state index < -0.39 is 0 Å². The van der Waals surface area contributed by atoms with Crippen LogP contribution in [0.15, 0.2) is 12.4 Å². The Balaban J connectivity index is 1.79. The van der Waals surface area contributed by atoms with Gasteiger partial charge in [0.1, 0.15) is 6.33 Å². The number of hydrogen-bond donors (Lipinski definition) is 0. The van der Waals surface area contributed by atoms with E-state index in [9.17, 15) is 4.79 Å². The van der Waals surface area contributed by atoms with Crippen LogP contribution in [0.4, 0.5) is 5.69 Å². The predicted octanol–water partition coefficient (Wildman–Crippen LogP) is 0.541. The van der Waals surface area contributed by atoms with E-state index in [4.69, 9.17) is 4.74 Å². The maximum absolute atomic E-state index is 12.6. The standard InChI is InChI=1S/C16H22N6O2/c1-10(2)13-4-14(15-18-17-9-22(15)19-13)21-5-11-7-24-8-12(6-21)20(3)16(11)23/h4,9-12H,5-8H2,1-3H3/t11-,12+/m1/s1. The molecule has 0 N–H and O–H groups in total. The first-order valence-electron chi connectivity index (χ1n) is 8.35. The lowest BCUT2D eigenvalue weighted by atomic mass is 10.1. The zero-order chi connectivity index (χ0) is 16.8. The molecule has 0 spiro atoms. The topological polar surface area (TPSA) is 75.9 Å². The van der Waals surface area contributed by atoms with Gasteiger partial charge in [0.2, 0.25) is 11.6 Å². The van der Waals surface area contributed by atoms with Gasteiger partial charge in [0, 0.05) is 20.1 Å². The second-order valence-electron chi connectivity index (χ2n) is 6.95. The Hall–Kier alpha value is -2.22. The van der Waals surface area contributed by atoms with E-state index in [1.165, 1.54) is 0 Å². The Bertz CT molecular complexity index is 773. The van der Waals surface area contributed by atoms with E-state index in [2.05, 4.69) is 40.1 Å². The third kappa shape index (κ3) is 2.41. The smallest absolute Gasteiger partial charge is 0.229 e. The lowest BCUT2D eigenvalue weighted by molar-refractivity contribution is -0.133. The SMILES string of the molecule is CC(C)c1cc(N2C[C@@H]3COC[C@H](C2)N(C)C3=O)c2nncn2n1. The summed E-state index contributed by atoms with van der Waals surface area (Å²) in [4.78, 5) is 16.6. The molecule has 0 saturated carbocycles. The molecular weight excluding hydrogens is 308 g/mol. The average Bonchev–Trinajstić information content (AvgIpc) is 2.93. The van der Waals surface area contributed by atoms with Crippen molar-refractivity contribution in [3.8, 4) is 0 Å². The summed E-state index contributed by atoms with van der Waals surface area (Å²) in [5.74, 6) is 0.312. The minimum absolute atomic E-state index is 0.0450. The van der Waals surface area contributed by atoms with Crippen LogP contribution in [0.1, 0.15) is 25.5 Å². The van der Waals surface area contributed by atoms with Crippen molar-refractivity contribution in [2.24, 2.45) is 5.92 Å². The number of hydrogen-bond acceptors (Lipinski definition) is 6. The summed E-state index contributed by atoms with van der Waals surface area (Å²) in [6.45, 7) is 6.63. The molecule has 2 aliphatic heterocycles. The molecular formula is C16H22N6O2. The lowest BCUT2D eigenvalue weighted by Crippen LogP contribution is -2.43. The van der Waals surface area contributed by atoms with Crippen molar-refractivity contribution in [1.82, 2.24) is 24.7 Å². The number of ether oxygens (including phenoxy) is 1. The van der Waals surface area contributed by atoms with E-state index in [1.54, 1.807) is 10.8 Å². The Labute approximate surface area is 140 Å². The zero-order valence-corrected chi connectivity index (χ0v) is 14.2. The summed E-state index contributed by atoms with van der Waals surface area (Å²) >= 11 is 0. The summed E-state index contributed by atoms with van der Waals surface area (Å²) in [5.41, 5.74) is 2.71. The van der Waals surface area contributed by atoms with Gasteiger partial charge in [-0.2, -0.15) is 9.61 Å². The molecule has 4 rings (SSSR count). The molecule has 8 heteroatoms. The van der Waals surface area contributed by atoms with Gasteiger partial charge in [-0.3, -0.25) is 4.79 Å². The van der Waals surface area contributed by atoms with Gasteiger partial charge in [0.25, 0.3) is 0 Å². The first kappa shape index (κ1) is 15.3. The third-order valence-corrected chi connectivity index (χ3v) is 4.95. The maximum atomic E-state index is 12.6. The quantitative estimate of drug-likeness (QED) is 0.800. The van der Waals surface area contributed by atoms with Crippen LogP contribution in [0.25, 0.3) is 5.65 Å². The van der Waals surface area contributed by atoms with Gasteiger partial charge in [-0.1, -0.05) is 13.8 Å². The van der Waals surface area contributed by atoms with Gasteiger partial charge >= 0.3 is 0 Å². The molecule has 2 fully saturated rings. The summed E-state index contributed by atoms with van der Waals surface area (Å²) in [5, 5.41) is 12.8. The Morgan fingerprint density at radius 2 is 2.12 bits per heavy atom. The lowest BCUT2D eigenvalue weighted by Gasteiger charge is -2.31. The van der Waals surface area contributed by atoms with Crippen LogP contribution < -0.4 is 4.90 Å². The minimum Gasteiger partial charge on any atom is -0.378 e. The molecule has 4 heterocycles. The highest BCUT2D eigenvalue weighted by molar-refractivity contribution is 5.81. The van der Waals surface area contributed by atoms with Gasteiger partial charge < -0.3 is 14.5 Å². The Morgan fingerprint density at radius 1 is 1.29 bits per heavy atom. The number of fused-ring (bicyclic) bond motifs is 4. The van der Waals surface area contributed by atoms with E-state index in [1.807, 2.05) is 11.9 Å². The fourth-order valence-electron chi connectivity index (χ4n) is 3.44. The number of aromatic nitrogens is 4. The predicted molar refractivity (Wildman–Crippen MR) is 88.0 cm³/mol. The van der Waals surface area contributed by atoms with E-state index in [0.717, 1.165) is 23.6 Å². The highest BCUT2D eigenvalue weighted by Gasteiger charge is 2.38. The molecule has 1 amide bonds. The first-order chi connectivity index (χ1) is 11.5. The number of carbonyl (C=O) groups excluding carboxylic acids is 1. The molecule has 2 bridgehead atoms. The van der Waals surface area contributed by atoms with E-state index >= 15 is 0 Å². The first-order valence-corrected chi connectivity index (χ1v) is 8.35. The van der Waals surface area contributed by atoms with E-state index in [0.29, 0.717) is 25.7 Å². The number of nitrogens with zero attached hydrogens (tertiary/aromatic N) is 6. The molecule has 8 nitrogen and oxygen atoms in total. The van der Waals surface area contributed by atoms with Gasteiger partial charge in [-0.15, -0.1) is 10.2 Å². The van der Waals surface area contributed by atoms with Crippen molar-refractivity contribution in [3.05, 3.63) is 18.1 Å². The molecule has 2 aromatic rings.